The van der Waals surface area contributed by atoms with Crippen LogP contribution in [0.25, 0.3) is 0 Å². The largest absolute Gasteiger partial charge is 0.518 e. The Hall–Kier alpha value is -3.25. The number of benzene rings is 2. The molecule has 8 rings (SSSR count). The van der Waals surface area contributed by atoms with E-state index < -0.39 is 14.5 Å². The van der Waals surface area contributed by atoms with E-state index in [9.17, 15) is 4.79 Å². The van der Waals surface area contributed by atoms with Crippen molar-refractivity contribution in [2.24, 2.45) is 15.0 Å². The number of carbonyl (C=O) groups is 1. The molecule has 0 bridgehead atoms. The third-order valence-corrected chi connectivity index (χ3v) is 20.9. The standard InChI is InChI=1S/C43H63N9O4S3Si/c1-43(2,3)60(36-10-6-4-7-11-36,37-12-8-5-9-13-37)55-26-31-14-20-50-21-15-32(45-39(50)44-31)27-57-28-33-16-22-51-23-17-34(47-40(51)46-33)29-58-30-35-18-24-52-25-19-38(49-41(52)48-35)59-56-42(53)54/h4-13,31-35,38H,14-30H2,1-3H3,(H,44,45)(H,46,47)(H,48,49)(H,53,54)/t31-,32-,33-,34-,35-,38-/m1/s1. The van der Waals surface area contributed by atoms with E-state index in [-0.39, 0.29) is 16.5 Å². The summed E-state index contributed by atoms with van der Waals surface area (Å²) in [6.45, 7) is 13.7. The van der Waals surface area contributed by atoms with Gasteiger partial charge in [0.15, 0.2) is 17.9 Å². The van der Waals surface area contributed by atoms with Gasteiger partial charge in [0, 0.05) is 86.8 Å². The van der Waals surface area contributed by atoms with Gasteiger partial charge in [-0.3, -0.25) is 0 Å². The van der Waals surface area contributed by atoms with Crippen LogP contribution in [0.15, 0.2) is 75.6 Å². The van der Waals surface area contributed by atoms with Crippen molar-refractivity contribution in [3.63, 3.8) is 0 Å². The van der Waals surface area contributed by atoms with Crippen molar-refractivity contribution in [3.8, 4) is 0 Å². The second-order valence-corrected chi connectivity index (χ2v) is 25.2. The molecule has 326 valence electrons. The van der Waals surface area contributed by atoms with Gasteiger partial charge in [-0.1, -0.05) is 81.4 Å². The molecule has 0 spiro atoms. The summed E-state index contributed by atoms with van der Waals surface area (Å²) in [7, 11) is -2.61. The summed E-state index contributed by atoms with van der Waals surface area (Å²) in [5.41, 5.74) is 0. The summed E-state index contributed by atoms with van der Waals surface area (Å²) < 4.78 is 12.0. The lowest BCUT2D eigenvalue weighted by molar-refractivity contribution is 0.152. The Balaban J connectivity index is 0.790. The van der Waals surface area contributed by atoms with E-state index in [4.69, 9.17) is 28.7 Å². The minimum absolute atomic E-state index is 0.0530. The van der Waals surface area contributed by atoms with E-state index in [0.29, 0.717) is 30.8 Å². The second kappa shape index (κ2) is 19.8. The highest BCUT2D eigenvalue weighted by molar-refractivity contribution is 7.99. The Morgan fingerprint density at radius 1 is 0.667 bits per heavy atom. The lowest BCUT2D eigenvalue weighted by Crippen LogP contribution is -2.67. The van der Waals surface area contributed by atoms with E-state index in [1.54, 1.807) is 0 Å². The maximum Gasteiger partial charge on any atom is 0.518 e. The fourth-order valence-electron chi connectivity index (χ4n) is 9.32. The zero-order chi connectivity index (χ0) is 41.5. The van der Waals surface area contributed by atoms with Crippen LogP contribution in [0.4, 0.5) is 4.79 Å². The van der Waals surface area contributed by atoms with Gasteiger partial charge < -0.3 is 44.4 Å². The summed E-state index contributed by atoms with van der Waals surface area (Å²) in [6, 6.07) is 23.5. The molecule has 0 amide bonds. The smallest absolute Gasteiger partial charge is 0.449 e. The van der Waals surface area contributed by atoms with Crippen LogP contribution in [-0.4, -0.2) is 157 Å². The number of hydrogen-bond acceptors (Lipinski definition) is 15. The summed E-state index contributed by atoms with van der Waals surface area (Å²) in [5, 5.41) is 22.5. The number of fused-ring (bicyclic) bond motifs is 3. The normalized spacial score (nSPS) is 26.8. The molecule has 13 nitrogen and oxygen atoms in total. The molecule has 60 heavy (non-hydrogen) atoms. The van der Waals surface area contributed by atoms with Crippen LogP contribution >= 0.6 is 35.6 Å². The maximum absolute atomic E-state index is 10.8. The first-order valence-electron chi connectivity index (χ1n) is 21.9. The molecular weight excluding hydrogens is 831 g/mol. The summed E-state index contributed by atoms with van der Waals surface area (Å²) >= 11 is 4.95. The zero-order valence-electron chi connectivity index (χ0n) is 35.3. The first-order chi connectivity index (χ1) is 29.1. The molecule has 0 unspecified atom stereocenters. The quantitative estimate of drug-likeness (QED) is 0.145. The molecule has 3 saturated heterocycles. The Kier molecular flexibility index (Phi) is 14.4. The van der Waals surface area contributed by atoms with Crippen LogP contribution in [0.3, 0.4) is 0 Å². The zero-order valence-corrected chi connectivity index (χ0v) is 38.8. The van der Waals surface area contributed by atoms with E-state index in [0.717, 1.165) is 131 Å². The lowest BCUT2D eigenvalue weighted by atomic mass is 10.1. The van der Waals surface area contributed by atoms with Gasteiger partial charge in [0.1, 0.15) is 5.37 Å². The highest BCUT2D eigenvalue weighted by atomic mass is 32.2. The van der Waals surface area contributed by atoms with Crippen molar-refractivity contribution in [2.75, 3.05) is 68.9 Å². The van der Waals surface area contributed by atoms with Gasteiger partial charge >= 0.3 is 6.16 Å². The molecule has 6 heterocycles. The van der Waals surface area contributed by atoms with Crippen molar-refractivity contribution in [1.29, 1.82) is 0 Å². The minimum atomic E-state index is -2.61. The van der Waals surface area contributed by atoms with Gasteiger partial charge in [-0.05, 0) is 47.5 Å². The highest BCUT2D eigenvalue weighted by Crippen LogP contribution is 2.37. The number of rotatable bonds is 15. The van der Waals surface area contributed by atoms with Crippen LogP contribution in [0, 0.1) is 0 Å². The van der Waals surface area contributed by atoms with Crippen LogP contribution in [0.5, 0.6) is 0 Å². The van der Waals surface area contributed by atoms with E-state index in [1.165, 1.54) is 10.4 Å². The Morgan fingerprint density at radius 2 is 1.12 bits per heavy atom. The number of nitrogens with one attached hydrogen (secondary N) is 3. The van der Waals surface area contributed by atoms with Gasteiger partial charge in [-0.25, -0.2) is 19.8 Å². The number of hydrogen-bond donors (Lipinski definition) is 4. The summed E-state index contributed by atoms with van der Waals surface area (Å²) in [5.74, 6) is 7.18. The third-order valence-electron chi connectivity index (χ3n) is 12.5. The van der Waals surface area contributed by atoms with Gasteiger partial charge in [-0.15, -0.1) is 0 Å². The molecule has 6 aliphatic rings. The molecule has 0 aliphatic carbocycles. The molecule has 4 N–H and O–H groups in total. The van der Waals surface area contributed by atoms with Crippen LogP contribution < -0.4 is 26.3 Å². The van der Waals surface area contributed by atoms with Gasteiger partial charge in [0.25, 0.3) is 8.32 Å². The highest BCUT2D eigenvalue weighted by Gasteiger charge is 2.50. The number of carboxylic acid groups (broad SMARTS) is 1. The molecule has 2 aromatic rings. The lowest BCUT2D eigenvalue weighted by Gasteiger charge is -2.44. The molecular formula is C43H63N9O4S3Si. The average molecular weight is 894 g/mol. The summed E-state index contributed by atoms with van der Waals surface area (Å²) in [6.07, 6.45) is 4.97. The van der Waals surface area contributed by atoms with Crippen molar-refractivity contribution in [2.45, 2.75) is 99.9 Å². The number of aliphatic imine (C=N–C) groups is 3. The molecule has 0 saturated carbocycles. The summed E-state index contributed by atoms with van der Waals surface area (Å²) in [4.78, 5) is 33.2. The number of nitrogens with zero attached hydrogens (tertiary/aromatic N) is 6. The van der Waals surface area contributed by atoms with Gasteiger partial charge in [0.05, 0.1) is 30.7 Å². The topological polar surface area (TPSA) is 139 Å². The Bertz CT molecular complexity index is 1800. The van der Waals surface area contributed by atoms with E-state index >= 15 is 0 Å². The average Bonchev–Trinajstić information content (AvgIpc) is 3.26. The van der Waals surface area contributed by atoms with Gasteiger partial charge in [0.2, 0.25) is 0 Å². The molecule has 2 aromatic carbocycles. The number of thioether (sulfide) groups is 2. The molecule has 0 radical (unpaired) electrons. The SMILES string of the molecule is CC(C)(C)[Si](OC[C@H]1CCN2CC[C@H](CSC[C@H]3CCN4CC[C@H](CSC[C@H]5CCN6CC[C@@H](SOC(=O)O)N=C6N5)N=C4N3)NC2=N1)(c1ccccc1)c1ccccc1. The van der Waals surface area contributed by atoms with Crippen molar-refractivity contribution in [3.05, 3.63) is 60.7 Å². The minimum Gasteiger partial charge on any atom is -0.449 e. The molecule has 17 heteroatoms. The first kappa shape index (κ1) is 43.4. The molecule has 6 aliphatic heterocycles. The molecule has 6 atom stereocenters. The van der Waals surface area contributed by atoms with Crippen LogP contribution in [0.2, 0.25) is 5.04 Å². The van der Waals surface area contributed by atoms with Crippen LogP contribution in [0.1, 0.15) is 59.3 Å². The Morgan fingerprint density at radius 3 is 1.63 bits per heavy atom. The van der Waals surface area contributed by atoms with Gasteiger partial charge in [-0.2, -0.15) is 23.5 Å². The van der Waals surface area contributed by atoms with E-state index in [1.807, 2.05) is 11.8 Å². The van der Waals surface area contributed by atoms with Crippen molar-refractivity contribution >= 4 is 78.3 Å². The van der Waals surface area contributed by atoms with Crippen molar-refractivity contribution < 1.29 is 18.5 Å². The Labute approximate surface area is 370 Å². The predicted molar refractivity (Wildman–Crippen MR) is 252 cm³/mol. The maximum atomic E-state index is 10.8. The first-order valence-corrected chi connectivity index (χ1v) is 26.9. The third kappa shape index (κ3) is 10.5. The second-order valence-electron chi connectivity index (χ2n) is 17.8. The molecule has 0 aromatic heterocycles. The monoisotopic (exact) mass is 893 g/mol. The number of guanidine groups is 3. The fourth-order valence-corrected chi connectivity index (χ4v) is 16.8. The molecule has 3 fully saturated rings. The van der Waals surface area contributed by atoms with E-state index in [2.05, 4.69) is 124 Å². The van der Waals surface area contributed by atoms with Crippen LogP contribution in [-0.2, 0) is 8.61 Å². The predicted octanol–water partition coefficient (Wildman–Crippen LogP) is 4.71. The fraction of sp³-hybridized carbons (Fsp3) is 0.628. The van der Waals surface area contributed by atoms with Crippen molar-refractivity contribution in [1.82, 2.24) is 30.7 Å².